The first-order valence-electron chi connectivity index (χ1n) is 7.01. The summed E-state index contributed by atoms with van der Waals surface area (Å²) in [5, 5.41) is 0. The number of carbonyl (C=O) groups excluding carboxylic acids is 1. The van der Waals surface area contributed by atoms with Gasteiger partial charge in [-0.25, -0.2) is 0 Å². The lowest BCUT2D eigenvalue weighted by Gasteiger charge is -2.21. The van der Waals surface area contributed by atoms with Crippen LogP contribution in [-0.4, -0.2) is 24.4 Å². The normalized spacial score (nSPS) is 12.7. The molecule has 2 N–H and O–H groups in total. The Bertz CT molecular complexity index is 360. The van der Waals surface area contributed by atoms with Crippen LogP contribution in [0.5, 0.6) is 0 Å². The topological polar surface area (TPSA) is 59.5 Å². The van der Waals surface area contributed by atoms with Crippen molar-refractivity contribution in [2.24, 2.45) is 17.6 Å². The predicted molar refractivity (Wildman–Crippen MR) is 76.4 cm³/mol. The minimum Gasteiger partial charge on any atom is -0.467 e. The van der Waals surface area contributed by atoms with Crippen LogP contribution in [0.3, 0.4) is 0 Å². The predicted octanol–water partition coefficient (Wildman–Crippen LogP) is 2.64. The Morgan fingerprint density at radius 3 is 2.68 bits per heavy atom. The molecule has 0 aliphatic heterocycles. The van der Waals surface area contributed by atoms with Gasteiger partial charge >= 0.3 is 0 Å². The SMILES string of the molecule is CC(C)C(CCN)CCC(=O)N(C)Cc1ccco1. The first-order valence-corrected chi connectivity index (χ1v) is 7.01. The Kier molecular flexibility index (Phi) is 6.64. The van der Waals surface area contributed by atoms with Gasteiger partial charge in [0.05, 0.1) is 12.8 Å². The summed E-state index contributed by atoms with van der Waals surface area (Å²) in [6.45, 7) is 5.61. The van der Waals surface area contributed by atoms with Crippen LogP contribution < -0.4 is 5.73 Å². The average molecular weight is 266 g/mol. The molecular weight excluding hydrogens is 240 g/mol. The maximum atomic E-state index is 12.1. The molecule has 0 aliphatic rings. The standard InChI is InChI=1S/C15H26N2O2/c1-12(2)13(8-9-16)6-7-15(18)17(3)11-14-5-4-10-19-14/h4-5,10,12-13H,6-9,11,16H2,1-3H3. The van der Waals surface area contributed by atoms with Gasteiger partial charge in [-0.15, -0.1) is 0 Å². The fourth-order valence-corrected chi connectivity index (χ4v) is 2.25. The number of nitrogens with two attached hydrogens (primary N) is 1. The van der Waals surface area contributed by atoms with Crippen LogP contribution in [0.15, 0.2) is 22.8 Å². The summed E-state index contributed by atoms with van der Waals surface area (Å²) in [6, 6.07) is 3.72. The lowest BCUT2D eigenvalue weighted by atomic mass is 9.88. The summed E-state index contributed by atoms with van der Waals surface area (Å²) in [5.74, 6) is 2.09. The average Bonchev–Trinajstić information content (AvgIpc) is 2.86. The number of nitrogens with zero attached hydrogens (tertiary/aromatic N) is 1. The van der Waals surface area contributed by atoms with Gasteiger partial charge < -0.3 is 15.1 Å². The molecule has 0 aromatic carbocycles. The second kappa shape index (κ2) is 8.00. The summed E-state index contributed by atoms with van der Waals surface area (Å²) < 4.78 is 5.25. The number of hydrogen-bond acceptors (Lipinski definition) is 3. The molecule has 19 heavy (non-hydrogen) atoms. The smallest absolute Gasteiger partial charge is 0.222 e. The van der Waals surface area contributed by atoms with E-state index in [0.717, 1.165) is 18.6 Å². The van der Waals surface area contributed by atoms with Gasteiger partial charge in [0.2, 0.25) is 5.91 Å². The van der Waals surface area contributed by atoms with Gasteiger partial charge in [-0.3, -0.25) is 4.79 Å². The first-order chi connectivity index (χ1) is 9.04. The van der Waals surface area contributed by atoms with Crippen LogP contribution in [0.2, 0.25) is 0 Å². The molecule has 0 saturated heterocycles. The molecule has 0 bridgehead atoms. The van der Waals surface area contributed by atoms with Crippen LogP contribution in [-0.2, 0) is 11.3 Å². The Morgan fingerprint density at radius 2 is 2.16 bits per heavy atom. The van der Waals surface area contributed by atoms with Crippen molar-refractivity contribution in [2.45, 2.75) is 39.7 Å². The van der Waals surface area contributed by atoms with Gasteiger partial charge in [0, 0.05) is 13.5 Å². The highest BCUT2D eigenvalue weighted by Crippen LogP contribution is 2.21. The molecule has 0 saturated carbocycles. The zero-order valence-electron chi connectivity index (χ0n) is 12.3. The number of amides is 1. The molecular formula is C15H26N2O2. The number of carbonyl (C=O) groups is 1. The highest BCUT2D eigenvalue weighted by molar-refractivity contribution is 5.75. The Hall–Kier alpha value is -1.29. The van der Waals surface area contributed by atoms with Crippen molar-refractivity contribution in [3.8, 4) is 0 Å². The molecule has 4 nitrogen and oxygen atoms in total. The van der Waals surface area contributed by atoms with Crippen LogP contribution in [0.25, 0.3) is 0 Å². The monoisotopic (exact) mass is 266 g/mol. The molecule has 1 aromatic heterocycles. The fraction of sp³-hybridized carbons (Fsp3) is 0.667. The van der Waals surface area contributed by atoms with Crippen molar-refractivity contribution >= 4 is 5.91 Å². The van der Waals surface area contributed by atoms with Gasteiger partial charge in [-0.05, 0) is 43.4 Å². The molecule has 1 aromatic rings. The van der Waals surface area contributed by atoms with Crippen molar-refractivity contribution in [2.75, 3.05) is 13.6 Å². The highest BCUT2D eigenvalue weighted by atomic mass is 16.3. The molecule has 0 aliphatic carbocycles. The summed E-state index contributed by atoms with van der Waals surface area (Å²) in [7, 11) is 1.82. The minimum atomic E-state index is 0.166. The van der Waals surface area contributed by atoms with Gasteiger partial charge in [0.1, 0.15) is 5.76 Å². The summed E-state index contributed by atoms with van der Waals surface area (Å²) >= 11 is 0. The third-order valence-electron chi connectivity index (χ3n) is 3.61. The van der Waals surface area contributed by atoms with E-state index in [2.05, 4.69) is 13.8 Å². The van der Waals surface area contributed by atoms with Crippen molar-refractivity contribution in [3.05, 3.63) is 24.2 Å². The number of furan rings is 1. The summed E-state index contributed by atoms with van der Waals surface area (Å²) in [4.78, 5) is 13.8. The Labute approximate surface area is 116 Å². The van der Waals surface area contributed by atoms with Crippen LogP contribution in [0, 0.1) is 11.8 Å². The van der Waals surface area contributed by atoms with E-state index in [0.29, 0.717) is 31.3 Å². The minimum absolute atomic E-state index is 0.166. The highest BCUT2D eigenvalue weighted by Gasteiger charge is 2.16. The van der Waals surface area contributed by atoms with Crippen molar-refractivity contribution in [3.63, 3.8) is 0 Å². The van der Waals surface area contributed by atoms with E-state index < -0.39 is 0 Å². The van der Waals surface area contributed by atoms with E-state index in [1.807, 2.05) is 19.2 Å². The summed E-state index contributed by atoms with van der Waals surface area (Å²) in [5.41, 5.74) is 5.62. The molecule has 1 atom stereocenters. The van der Waals surface area contributed by atoms with E-state index in [9.17, 15) is 4.79 Å². The molecule has 0 radical (unpaired) electrons. The van der Waals surface area contributed by atoms with Crippen LogP contribution in [0.1, 0.15) is 38.9 Å². The maximum absolute atomic E-state index is 12.1. The number of hydrogen-bond donors (Lipinski definition) is 1. The zero-order chi connectivity index (χ0) is 14.3. The van der Waals surface area contributed by atoms with E-state index in [-0.39, 0.29) is 5.91 Å². The second-order valence-electron chi connectivity index (χ2n) is 5.45. The lowest BCUT2D eigenvalue weighted by Crippen LogP contribution is -2.27. The third-order valence-corrected chi connectivity index (χ3v) is 3.61. The van der Waals surface area contributed by atoms with Gasteiger partial charge in [-0.1, -0.05) is 13.8 Å². The van der Waals surface area contributed by atoms with Crippen LogP contribution >= 0.6 is 0 Å². The van der Waals surface area contributed by atoms with Gasteiger partial charge in [0.25, 0.3) is 0 Å². The molecule has 4 heteroatoms. The molecule has 108 valence electrons. The Morgan fingerprint density at radius 1 is 1.42 bits per heavy atom. The number of rotatable bonds is 8. The first kappa shape index (κ1) is 15.8. The van der Waals surface area contributed by atoms with E-state index >= 15 is 0 Å². The molecule has 1 rings (SSSR count). The Balaban J connectivity index is 2.36. The van der Waals surface area contributed by atoms with Gasteiger partial charge in [-0.2, -0.15) is 0 Å². The molecule has 1 amide bonds. The van der Waals surface area contributed by atoms with Crippen LogP contribution in [0.4, 0.5) is 0 Å². The summed E-state index contributed by atoms with van der Waals surface area (Å²) in [6.07, 6.45) is 4.12. The van der Waals surface area contributed by atoms with Gasteiger partial charge in [0.15, 0.2) is 0 Å². The largest absolute Gasteiger partial charge is 0.467 e. The van der Waals surface area contributed by atoms with E-state index in [4.69, 9.17) is 10.2 Å². The maximum Gasteiger partial charge on any atom is 0.222 e. The van der Waals surface area contributed by atoms with E-state index in [1.165, 1.54) is 0 Å². The molecule has 1 unspecified atom stereocenters. The quantitative estimate of drug-likeness (QED) is 0.787. The van der Waals surface area contributed by atoms with Crippen molar-refractivity contribution in [1.29, 1.82) is 0 Å². The zero-order valence-corrected chi connectivity index (χ0v) is 12.3. The van der Waals surface area contributed by atoms with Crippen molar-refractivity contribution in [1.82, 2.24) is 4.90 Å². The fourth-order valence-electron chi connectivity index (χ4n) is 2.25. The lowest BCUT2D eigenvalue weighted by molar-refractivity contribution is -0.131. The molecule has 0 fully saturated rings. The second-order valence-corrected chi connectivity index (χ2v) is 5.45. The molecule has 1 heterocycles. The van der Waals surface area contributed by atoms with E-state index in [1.54, 1.807) is 11.2 Å². The molecule has 0 spiro atoms. The van der Waals surface area contributed by atoms with Crippen molar-refractivity contribution < 1.29 is 9.21 Å². The third kappa shape index (κ3) is 5.47.